The molecule has 2 N–H and O–H groups in total. The molecule has 1 aromatic rings. The molecule has 5 nitrogen and oxygen atoms in total. The standard InChI is InChI=1S/C8H10BrNO4S/c1-2-14-7(13)6(12)5(11)4-3-15-8(9)10-4/h3,5-6,11-12H,2H2,1H3. The van der Waals surface area contributed by atoms with Gasteiger partial charge in [-0.05, 0) is 22.9 Å². The summed E-state index contributed by atoms with van der Waals surface area (Å²) in [7, 11) is 0. The average molecular weight is 296 g/mol. The number of carbonyl (C=O) groups is 1. The van der Waals surface area contributed by atoms with Crippen LogP contribution in [0.25, 0.3) is 0 Å². The fraction of sp³-hybridized carbons (Fsp3) is 0.500. The summed E-state index contributed by atoms with van der Waals surface area (Å²) in [5, 5.41) is 20.5. The Morgan fingerprint density at radius 1 is 1.73 bits per heavy atom. The minimum Gasteiger partial charge on any atom is -0.464 e. The van der Waals surface area contributed by atoms with Crippen molar-refractivity contribution >= 4 is 33.2 Å². The lowest BCUT2D eigenvalue weighted by atomic mass is 10.1. The Bertz CT molecular complexity index is 343. The third kappa shape index (κ3) is 3.23. The van der Waals surface area contributed by atoms with Gasteiger partial charge in [0.25, 0.3) is 0 Å². The fourth-order valence-corrected chi connectivity index (χ4v) is 1.97. The van der Waals surface area contributed by atoms with E-state index in [4.69, 9.17) is 0 Å². The Hall–Kier alpha value is -0.500. The second-order valence-electron chi connectivity index (χ2n) is 2.67. The van der Waals surface area contributed by atoms with Crippen LogP contribution in [0, 0.1) is 0 Å². The van der Waals surface area contributed by atoms with Crippen LogP contribution >= 0.6 is 27.3 Å². The number of halogens is 1. The van der Waals surface area contributed by atoms with Gasteiger partial charge < -0.3 is 14.9 Å². The van der Waals surface area contributed by atoms with Gasteiger partial charge in [0, 0.05) is 5.38 Å². The van der Waals surface area contributed by atoms with E-state index in [0.29, 0.717) is 3.92 Å². The lowest BCUT2D eigenvalue weighted by molar-refractivity contribution is -0.159. The van der Waals surface area contributed by atoms with Crippen molar-refractivity contribution < 1.29 is 19.7 Å². The number of aliphatic hydroxyl groups excluding tert-OH is 2. The Labute approximate surface area is 98.8 Å². The first-order valence-corrected chi connectivity index (χ1v) is 5.87. The van der Waals surface area contributed by atoms with Crippen molar-refractivity contribution in [3.8, 4) is 0 Å². The maximum Gasteiger partial charge on any atom is 0.338 e. The van der Waals surface area contributed by atoms with Crippen molar-refractivity contribution in [2.45, 2.75) is 19.1 Å². The molecule has 0 aliphatic rings. The van der Waals surface area contributed by atoms with Crippen molar-refractivity contribution in [1.29, 1.82) is 0 Å². The van der Waals surface area contributed by atoms with E-state index in [0.717, 1.165) is 0 Å². The summed E-state index contributed by atoms with van der Waals surface area (Å²) < 4.78 is 5.14. The maximum absolute atomic E-state index is 11.1. The summed E-state index contributed by atoms with van der Waals surface area (Å²) in [6.45, 7) is 1.78. The Morgan fingerprint density at radius 2 is 2.40 bits per heavy atom. The second kappa shape index (κ2) is 5.55. The van der Waals surface area contributed by atoms with E-state index < -0.39 is 18.2 Å². The van der Waals surface area contributed by atoms with E-state index >= 15 is 0 Å². The molecule has 1 rings (SSSR count). The highest BCUT2D eigenvalue weighted by atomic mass is 79.9. The van der Waals surface area contributed by atoms with Gasteiger partial charge in [-0.3, -0.25) is 0 Å². The van der Waals surface area contributed by atoms with E-state index in [9.17, 15) is 15.0 Å². The van der Waals surface area contributed by atoms with E-state index in [1.54, 1.807) is 12.3 Å². The molecule has 0 spiro atoms. The topological polar surface area (TPSA) is 79.7 Å². The van der Waals surface area contributed by atoms with E-state index in [1.807, 2.05) is 0 Å². The third-order valence-electron chi connectivity index (χ3n) is 1.62. The van der Waals surface area contributed by atoms with Crippen LogP contribution in [-0.2, 0) is 9.53 Å². The lowest BCUT2D eigenvalue weighted by Gasteiger charge is -2.14. The summed E-state index contributed by atoms with van der Waals surface area (Å²) in [4.78, 5) is 15.0. The Kier molecular flexibility index (Phi) is 4.65. The monoisotopic (exact) mass is 295 g/mol. The molecule has 0 radical (unpaired) electrons. The lowest BCUT2D eigenvalue weighted by Crippen LogP contribution is -2.30. The highest BCUT2D eigenvalue weighted by Gasteiger charge is 2.28. The van der Waals surface area contributed by atoms with Gasteiger partial charge in [-0.25, -0.2) is 9.78 Å². The van der Waals surface area contributed by atoms with Crippen LogP contribution in [-0.4, -0.2) is 33.9 Å². The molecule has 1 heterocycles. The van der Waals surface area contributed by atoms with Gasteiger partial charge in [0.2, 0.25) is 0 Å². The predicted molar refractivity (Wildman–Crippen MR) is 57.4 cm³/mol. The van der Waals surface area contributed by atoms with E-state index in [1.165, 1.54) is 11.3 Å². The summed E-state index contributed by atoms with van der Waals surface area (Å²) in [6.07, 6.45) is -2.95. The van der Waals surface area contributed by atoms with Crippen molar-refractivity contribution in [3.63, 3.8) is 0 Å². The predicted octanol–water partition coefficient (Wildman–Crippen LogP) is 0.863. The maximum atomic E-state index is 11.1. The molecule has 15 heavy (non-hydrogen) atoms. The first-order valence-electron chi connectivity index (χ1n) is 4.20. The molecule has 0 aliphatic heterocycles. The molecular weight excluding hydrogens is 286 g/mol. The van der Waals surface area contributed by atoms with Crippen LogP contribution in [0.2, 0.25) is 0 Å². The molecule has 2 atom stereocenters. The normalized spacial score (nSPS) is 14.7. The summed E-state index contributed by atoms with van der Waals surface area (Å²) in [5.74, 6) is -0.853. The SMILES string of the molecule is CCOC(=O)C(O)C(O)c1csc(Br)n1. The van der Waals surface area contributed by atoms with Gasteiger partial charge >= 0.3 is 5.97 Å². The number of aromatic nitrogens is 1. The molecule has 0 amide bonds. The number of thiazole rings is 1. The van der Waals surface area contributed by atoms with Crippen LogP contribution < -0.4 is 0 Å². The van der Waals surface area contributed by atoms with Gasteiger partial charge in [0.15, 0.2) is 10.0 Å². The zero-order valence-corrected chi connectivity index (χ0v) is 10.3. The molecule has 0 aliphatic carbocycles. The molecule has 1 aromatic heterocycles. The summed E-state index contributed by atoms with van der Waals surface area (Å²) in [5.41, 5.74) is 0.243. The van der Waals surface area contributed by atoms with Gasteiger partial charge in [-0.1, -0.05) is 0 Å². The molecule has 84 valence electrons. The smallest absolute Gasteiger partial charge is 0.338 e. The molecule has 0 aromatic carbocycles. The minimum atomic E-state index is -1.60. The van der Waals surface area contributed by atoms with Crippen LogP contribution in [0.15, 0.2) is 9.30 Å². The van der Waals surface area contributed by atoms with E-state index in [-0.39, 0.29) is 12.3 Å². The fourth-order valence-electron chi connectivity index (χ4n) is 0.917. The minimum absolute atomic E-state index is 0.156. The van der Waals surface area contributed by atoms with Crippen molar-refractivity contribution in [1.82, 2.24) is 4.98 Å². The molecule has 0 saturated carbocycles. The molecule has 0 bridgehead atoms. The number of hydrogen-bond acceptors (Lipinski definition) is 6. The summed E-state index contributed by atoms with van der Waals surface area (Å²) in [6, 6.07) is 0. The van der Waals surface area contributed by atoms with E-state index in [2.05, 4.69) is 25.7 Å². The highest BCUT2D eigenvalue weighted by Crippen LogP contribution is 2.23. The van der Waals surface area contributed by atoms with Gasteiger partial charge in [-0.15, -0.1) is 11.3 Å². The zero-order chi connectivity index (χ0) is 11.4. The quantitative estimate of drug-likeness (QED) is 0.806. The molecule has 7 heteroatoms. The first kappa shape index (κ1) is 12.6. The molecule has 0 fully saturated rings. The molecule has 0 saturated heterocycles. The first-order chi connectivity index (χ1) is 7.06. The number of esters is 1. The number of nitrogens with zero attached hydrogens (tertiary/aromatic N) is 1. The van der Waals surface area contributed by atoms with Gasteiger partial charge in [0.1, 0.15) is 6.10 Å². The number of rotatable bonds is 4. The number of aliphatic hydroxyl groups is 2. The van der Waals surface area contributed by atoms with Crippen molar-refractivity contribution in [3.05, 3.63) is 15.0 Å². The Balaban J connectivity index is 2.67. The molecular formula is C8H10BrNO4S. The van der Waals surface area contributed by atoms with Crippen LogP contribution in [0.4, 0.5) is 0 Å². The summed E-state index contributed by atoms with van der Waals surface area (Å²) >= 11 is 4.37. The zero-order valence-electron chi connectivity index (χ0n) is 7.88. The van der Waals surface area contributed by atoms with Crippen molar-refractivity contribution in [2.24, 2.45) is 0 Å². The van der Waals surface area contributed by atoms with Crippen LogP contribution in [0.1, 0.15) is 18.7 Å². The second-order valence-corrected chi connectivity index (χ2v) is 4.80. The largest absolute Gasteiger partial charge is 0.464 e. The highest BCUT2D eigenvalue weighted by molar-refractivity contribution is 9.11. The Morgan fingerprint density at radius 3 is 2.87 bits per heavy atom. The van der Waals surface area contributed by atoms with Crippen molar-refractivity contribution in [2.75, 3.05) is 6.61 Å². The van der Waals surface area contributed by atoms with Gasteiger partial charge in [-0.2, -0.15) is 0 Å². The number of ether oxygens (including phenoxy) is 1. The van der Waals surface area contributed by atoms with Crippen LogP contribution in [0.5, 0.6) is 0 Å². The number of carbonyl (C=O) groups excluding carboxylic acids is 1. The molecule has 2 unspecified atom stereocenters. The third-order valence-corrected chi connectivity index (χ3v) is 3.01. The average Bonchev–Trinajstić information content (AvgIpc) is 2.63. The van der Waals surface area contributed by atoms with Gasteiger partial charge in [0.05, 0.1) is 12.3 Å². The number of hydrogen-bond donors (Lipinski definition) is 2. The van der Waals surface area contributed by atoms with Crippen LogP contribution in [0.3, 0.4) is 0 Å².